The van der Waals surface area contributed by atoms with Crippen LogP contribution in [0.2, 0.25) is 0 Å². The van der Waals surface area contributed by atoms with E-state index in [0.29, 0.717) is 6.61 Å². The summed E-state index contributed by atoms with van der Waals surface area (Å²) in [5.74, 6) is 0.900. The summed E-state index contributed by atoms with van der Waals surface area (Å²) in [5, 5.41) is 0.867. The molecule has 0 amide bonds. The zero-order valence-electron chi connectivity index (χ0n) is 13.2. The van der Waals surface area contributed by atoms with E-state index in [1.54, 1.807) is 6.92 Å². The Kier molecular flexibility index (Phi) is 4.47. The van der Waals surface area contributed by atoms with Crippen molar-refractivity contribution in [1.82, 2.24) is 4.98 Å². The molecule has 0 aliphatic rings. The molecule has 1 aromatic carbocycles. The maximum atomic E-state index is 11.9. The van der Waals surface area contributed by atoms with Crippen molar-refractivity contribution in [2.45, 2.75) is 40.0 Å². The van der Waals surface area contributed by atoms with Gasteiger partial charge in [-0.2, -0.15) is 0 Å². The lowest BCUT2D eigenvalue weighted by atomic mass is 9.90. The van der Waals surface area contributed by atoms with Crippen LogP contribution < -0.4 is 4.74 Å². The first-order chi connectivity index (χ1) is 9.82. The third-order valence-electron chi connectivity index (χ3n) is 3.05. The highest BCUT2D eigenvalue weighted by atomic mass is 32.1. The Morgan fingerprint density at radius 2 is 2.05 bits per heavy atom. The van der Waals surface area contributed by atoms with Crippen LogP contribution in [-0.4, -0.2) is 17.4 Å². The summed E-state index contributed by atoms with van der Waals surface area (Å²) in [6.45, 7) is 10.4. The van der Waals surface area contributed by atoms with E-state index in [0.717, 1.165) is 26.9 Å². The Bertz CT molecular complexity index is 653. The number of aromatic nitrogens is 1. The highest BCUT2D eigenvalue weighted by Gasteiger charge is 2.25. The van der Waals surface area contributed by atoms with Gasteiger partial charge in [-0.3, -0.25) is 4.79 Å². The van der Waals surface area contributed by atoms with E-state index < -0.39 is 0 Å². The number of ether oxygens (including phenoxy) is 1. The highest BCUT2D eigenvalue weighted by Crippen LogP contribution is 2.35. The number of carbonyl (C=O) groups is 1. The summed E-state index contributed by atoms with van der Waals surface area (Å²) >= 11 is 1.46. The molecule has 0 atom stereocenters. The van der Waals surface area contributed by atoms with Crippen LogP contribution in [0.1, 0.15) is 50.0 Å². The van der Waals surface area contributed by atoms with Crippen LogP contribution in [0, 0.1) is 0 Å². The van der Waals surface area contributed by atoms with Crippen molar-refractivity contribution in [3.8, 4) is 16.3 Å². The number of benzene rings is 1. The zero-order valence-corrected chi connectivity index (χ0v) is 14.0. The summed E-state index contributed by atoms with van der Waals surface area (Å²) in [6, 6.07) is 7.85. The van der Waals surface area contributed by atoms with E-state index in [9.17, 15) is 4.79 Å². The second kappa shape index (κ2) is 5.98. The van der Waals surface area contributed by atoms with Crippen LogP contribution >= 0.6 is 11.3 Å². The van der Waals surface area contributed by atoms with Gasteiger partial charge in [-0.25, -0.2) is 4.98 Å². The summed E-state index contributed by atoms with van der Waals surface area (Å²) < 4.78 is 5.53. The number of rotatable bonds is 4. The predicted octanol–water partition coefficient (Wildman–Crippen LogP) is 4.71. The topological polar surface area (TPSA) is 39.2 Å². The fourth-order valence-electron chi connectivity index (χ4n) is 2.08. The Morgan fingerprint density at radius 3 is 2.57 bits per heavy atom. The van der Waals surface area contributed by atoms with Crippen molar-refractivity contribution < 1.29 is 9.53 Å². The van der Waals surface area contributed by atoms with Gasteiger partial charge in [0.15, 0.2) is 5.78 Å². The molecule has 2 rings (SSSR count). The van der Waals surface area contributed by atoms with E-state index >= 15 is 0 Å². The molecule has 4 heteroatoms. The maximum Gasteiger partial charge on any atom is 0.171 e. The molecule has 0 radical (unpaired) electrons. The average Bonchev–Trinajstić information content (AvgIpc) is 2.84. The van der Waals surface area contributed by atoms with Crippen molar-refractivity contribution in [1.29, 1.82) is 0 Å². The Balaban J connectivity index is 2.50. The molecule has 0 fully saturated rings. The van der Waals surface area contributed by atoms with Gasteiger partial charge in [-0.15, -0.1) is 11.3 Å². The second-order valence-electron chi connectivity index (χ2n) is 5.96. The van der Waals surface area contributed by atoms with E-state index in [1.165, 1.54) is 11.3 Å². The van der Waals surface area contributed by atoms with Crippen LogP contribution in [0.5, 0.6) is 5.75 Å². The van der Waals surface area contributed by atoms with Crippen LogP contribution in [-0.2, 0) is 5.41 Å². The molecule has 0 spiro atoms. The molecule has 0 unspecified atom stereocenters. The minimum Gasteiger partial charge on any atom is -0.494 e. The van der Waals surface area contributed by atoms with E-state index in [-0.39, 0.29) is 11.2 Å². The summed E-state index contributed by atoms with van der Waals surface area (Å²) in [5.41, 5.74) is 1.72. The van der Waals surface area contributed by atoms with Crippen LogP contribution in [0.25, 0.3) is 10.6 Å². The fraction of sp³-hybridized carbons (Fsp3) is 0.412. The molecule has 0 saturated heterocycles. The van der Waals surface area contributed by atoms with E-state index in [1.807, 2.05) is 31.2 Å². The fourth-order valence-corrected chi connectivity index (χ4v) is 3.24. The largest absolute Gasteiger partial charge is 0.494 e. The molecule has 0 N–H and O–H groups in total. The molecule has 1 heterocycles. The molecular weight excluding hydrogens is 282 g/mol. The standard InChI is InChI=1S/C17H21NO2S/c1-6-20-13-9-7-8-12(10-13)16-18-15(17(3,4)5)14(21-16)11(2)19/h7-10H,6H2,1-5H3. The molecule has 21 heavy (non-hydrogen) atoms. The number of thiazole rings is 1. The molecule has 0 bridgehead atoms. The number of hydrogen-bond donors (Lipinski definition) is 0. The van der Waals surface area contributed by atoms with Gasteiger partial charge in [-0.1, -0.05) is 32.9 Å². The van der Waals surface area contributed by atoms with Crippen molar-refractivity contribution >= 4 is 17.1 Å². The van der Waals surface area contributed by atoms with Gasteiger partial charge in [-0.05, 0) is 19.1 Å². The van der Waals surface area contributed by atoms with Crippen LogP contribution in [0.4, 0.5) is 0 Å². The SMILES string of the molecule is CCOc1cccc(-c2nc(C(C)(C)C)c(C(C)=O)s2)c1. The number of ketones is 1. The monoisotopic (exact) mass is 303 g/mol. The number of carbonyl (C=O) groups excluding carboxylic acids is 1. The zero-order chi connectivity index (χ0) is 15.6. The van der Waals surface area contributed by atoms with Gasteiger partial charge in [0.05, 0.1) is 17.2 Å². The first-order valence-electron chi connectivity index (χ1n) is 7.08. The Morgan fingerprint density at radius 1 is 1.33 bits per heavy atom. The predicted molar refractivity (Wildman–Crippen MR) is 87.4 cm³/mol. The third-order valence-corrected chi connectivity index (χ3v) is 4.25. The van der Waals surface area contributed by atoms with E-state index in [4.69, 9.17) is 9.72 Å². The molecule has 112 valence electrons. The number of hydrogen-bond acceptors (Lipinski definition) is 4. The number of Topliss-reactive ketones (excluding diaryl/α,β-unsaturated/α-hetero) is 1. The van der Waals surface area contributed by atoms with Gasteiger partial charge in [0.2, 0.25) is 0 Å². The second-order valence-corrected chi connectivity index (χ2v) is 6.96. The van der Waals surface area contributed by atoms with Crippen LogP contribution in [0.15, 0.2) is 24.3 Å². The lowest BCUT2D eigenvalue weighted by Crippen LogP contribution is -2.15. The molecule has 1 aromatic heterocycles. The minimum absolute atomic E-state index is 0.0737. The average molecular weight is 303 g/mol. The van der Waals surface area contributed by atoms with Crippen molar-refractivity contribution in [3.05, 3.63) is 34.8 Å². The molecule has 3 nitrogen and oxygen atoms in total. The summed E-state index contributed by atoms with van der Waals surface area (Å²) in [4.78, 5) is 17.3. The molecular formula is C17H21NO2S. The number of nitrogens with zero attached hydrogens (tertiary/aromatic N) is 1. The molecule has 0 aliphatic heterocycles. The van der Waals surface area contributed by atoms with Gasteiger partial charge in [0.25, 0.3) is 0 Å². The summed E-state index contributed by atoms with van der Waals surface area (Å²) in [7, 11) is 0. The van der Waals surface area contributed by atoms with Gasteiger partial charge in [0.1, 0.15) is 10.8 Å². The molecule has 0 saturated carbocycles. The molecule has 0 aliphatic carbocycles. The Hall–Kier alpha value is -1.68. The minimum atomic E-state index is -0.146. The van der Waals surface area contributed by atoms with E-state index in [2.05, 4.69) is 20.8 Å². The summed E-state index contributed by atoms with van der Waals surface area (Å²) in [6.07, 6.45) is 0. The lowest BCUT2D eigenvalue weighted by Gasteiger charge is -2.16. The van der Waals surface area contributed by atoms with Crippen molar-refractivity contribution in [2.75, 3.05) is 6.61 Å². The Labute approximate surface area is 130 Å². The maximum absolute atomic E-state index is 11.9. The van der Waals surface area contributed by atoms with Gasteiger partial charge < -0.3 is 4.74 Å². The van der Waals surface area contributed by atoms with Crippen molar-refractivity contribution in [3.63, 3.8) is 0 Å². The van der Waals surface area contributed by atoms with Gasteiger partial charge >= 0.3 is 0 Å². The molecule has 2 aromatic rings. The smallest absolute Gasteiger partial charge is 0.171 e. The lowest BCUT2D eigenvalue weighted by molar-refractivity contribution is 0.101. The first kappa shape index (κ1) is 15.7. The van der Waals surface area contributed by atoms with Crippen molar-refractivity contribution in [2.24, 2.45) is 0 Å². The van der Waals surface area contributed by atoms with Gasteiger partial charge in [0, 0.05) is 17.9 Å². The normalized spacial score (nSPS) is 11.5. The van der Waals surface area contributed by atoms with Crippen LogP contribution in [0.3, 0.4) is 0 Å². The first-order valence-corrected chi connectivity index (χ1v) is 7.90. The quantitative estimate of drug-likeness (QED) is 0.768. The highest BCUT2D eigenvalue weighted by molar-refractivity contribution is 7.17. The third kappa shape index (κ3) is 3.50.